The van der Waals surface area contributed by atoms with Crippen molar-refractivity contribution < 1.29 is 4.74 Å². The van der Waals surface area contributed by atoms with Gasteiger partial charge in [-0.2, -0.15) is 0 Å². The highest BCUT2D eigenvalue weighted by atomic mass is 16.5. The molecule has 90 valence electrons. The second-order valence-corrected chi connectivity index (χ2v) is 5.62. The van der Waals surface area contributed by atoms with Gasteiger partial charge in [0.15, 0.2) is 0 Å². The first kappa shape index (κ1) is 13.0. The second kappa shape index (κ2) is 5.86. The maximum absolute atomic E-state index is 5.30. The van der Waals surface area contributed by atoms with Crippen LogP contribution in [0.15, 0.2) is 0 Å². The fraction of sp³-hybridized carbons (Fsp3) is 1.00. The number of likely N-dealkylation sites (N-methyl/N-ethyl adjacent to an activating group) is 1. The SMILES string of the molecule is CCNC(COC)C1CCC(C)(C)CC1. The average Bonchev–Trinajstić information content (AvgIpc) is 2.18. The fourth-order valence-corrected chi connectivity index (χ4v) is 2.63. The topological polar surface area (TPSA) is 21.3 Å². The van der Waals surface area contributed by atoms with Crippen LogP contribution < -0.4 is 5.32 Å². The normalized spacial score (nSPS) is 24.0. The van der Waals surface area contributed by atoms with Crippen LogP contribution in [-0.4, -0.2) is 26.3 Å². The minimum absolute atomic E-state index is 0.566. The van der Waals surface area contributed by atoms with Crippen LogP contribution in [0.4, 0.5) is 0 Å². The van der Waals surface area contributed by atoms with Gasteiger partial charge in [0, 0.05) is 13.2 Å². The Bertz CT molecular complexity index is 163. The van der Waals surface area contributed by atoms with Gasteiger partial charge in [0.05, 0.1) is 6.61 Å². The summed E-state index contributed by atoms with van der Waals surface area (Å²) in [6, 6.07) is 0.566. The number of nitrogens with one attached hydrogen (secondary N) is 1. The number of rotatable bonds is 5. The first-order chi connectivity index (χ1) is 7.09. The molecule has 0 aromatic rings. The summed E-state index contributed by atoms with van der Waals surface area (Å²) in [5.41, 5.74) is 0.570. The van der Waals surface area contributed by atoms with Crippen LogP contribution in [0.1, 0.15) is 46.5 Å². The highest BCUT2D eigenvalue weighted by Gasteiger charge is 2.30. The summed E-state index contributed by atoms with van der Waals surface area (Å²) in [4.78, 5) is 0. The highest BCUT2D eigenvalue weighted by molar-refractivity contribution is 4.84. The largest absolute Gasteiger partial charge is 0.383 e. The van der Waals surface area contributed by atoms with Gasteiger partial charge in [0.25, 0.3) is 0 Å². The van der Waals surface area contributed by atoms with E-state index in [0.717, 1.165) is 19.1 Å². The maximum Gasteiger partial charge on any atom is 0.0618 e. The summed E-state index contributed by atoms with van der Waals surface area (Å²) in [5, 5.41) is 3.56. The Hall–Kier alpha value is -0.0800. The lowest BCUT2D eigenvalue weighted by Crippen LogP contribution is -2.42. The van der Waals surface area contributed by atoms with Crippen LogP contribution in [0.3, 0.4) is 0 Å². The molecule has 1 aliphatic carbocycles. The second-order valence-electron chi connectivity index (χ2n) is 5.62. The van der Waals surface area contributed by atoms with Crippen molar-refractivity contribution in [2.75, 3.05) is 20.3 Å². The Morgan fingerprint density at radius 3 is 2.40 bits per heavy atom. The number of ether oxygens (including phenoxy) is 1. The van der Waals surface area contributed by atoms with Gasteiger partial charge in [-0.15, -0.1) is 0 Å². The van der Waals surface area contributed by atoms with Gasteiger partial charge in [0.2, 0.25) is 0 Å². The summed E-state index contributed by atoms with van der Waals surface area (Å²) in [6.45, 7) is 8.87. The summed E-state index contributed by atoms with van der Waals surface area (Å²) in [6.07, 6.45) is 5.44. The smallest absolute Gasteiger partial charge is 0.0618 e. The van der Waals surface area contributed by atoms with Crippen molar-refractivity contribution in [2.24, 2.45) is 11.3 Å². The van der Waals surface area contributed by atoms with Crippen molar-refractivity contribution in [3.63, 3.8) is 0 Å². The van der Waals surface area contributed by atoms with Gasteiger partial charge in [-0.1, -0.05) is 20.8 Å². The Morgan fingerprint density at radius 2 is 1.93 bits per heavy atom. The van der Waals surface area contributed by atoms with Crippen LogP contribution in [0.2, 0.25) is 0 Å². The van der Waals surface area contributed by atoms with E-state index in [0.29, 0.717) is 11.5 Å². The zero-order valence-corrected chi connectivity index (χ0v) is 10.8. The van der Waals surface area contributed by atoms with Gasteiger partial charge in [-0.05, 0) is 43.6 Å². The summed E-state index contributed by atoms with van der Waals surface area (Å²) in [7, 11) is 1.80. The molecule has 0 heterocycles. The van der Waals surface area contributed by atoms with E-state index in [9.17, 15) is 0 Å². The Kier molecular flexibility index (Phi) is 5.07. The summed E-state index contributed by atoms with van der Waals surface area (Å²) in [5.74, 6) is 0.818. The molecule has 2 heteroatoms. The molecule has 1 atom stereocenters. The fourth-order valence-electron chi connectivity index (χ4n) is 2.63. The minimum atomic E-state index is 0.566. The summed E-state index contributed by atoms with van der Waals surface area (Å²) < 4.78 is 5.30. The van der Waals surface area contributed by atoms with Crippen molar-refractivity contribution >= 4 is 0 Å². The molecule has 1 N–H and O–H groups in total. The molecule has 15 heavy (non-hydrogen) atoms. The molecule has 0 amide bonds. The van der Waals surface area contributed by atoms with Crippen LogP contribution in [0.25, 0.3) is 0 Å². The third kappa shape index (κ3) is 4.12. The van der Waals surface area contributed by atoms with Gasteiger partial charge in [-0.3, -0.25) is 0 Å². The predicted molar refractivity (Wildman–Crippen MR) is 65.1 cm³/mol. The van der Waals surface area contributed by atoms with E-state index in [-0.39, 0.29) is 0 Å². The third-order valence-electron chi connectivity index (χ3n) is 3.77. The Labute approximate surface area is 94.8 Å². The van der Waals surface area contributed by atoms with Crippen LogP contribution in [0, 0.1) is 11.3 Å². The number of hydrogen-bond acceptors (Lipinski definition) is 2. The molecule has 1 saturated carbocycles. The van der Waals surface area contributed by atoms with E-state index in [1.54, 1.807) is 7.11 Å². The third-order valence-corrected chi connectivity index (χ3v) is 3.77. The molecule has 1 aliphatic rings. The maximum atomic E-state index is 5.30. The van der Waals surface area contributed by atoms with E-state index in [4.69, 9.17) is 4.74 Å². The summed E-state index contributed by atoms with van der Waals surface area (Å²) >= 11 is 0. The van der Waals surface area contributed by atoms with Crippen molar-refractivity contribution in [1.29, 1.82) is 0 Å². The average molecular weight is 213 g/mol. The molecule has 2 nitrogen and oxygen atoms in total. The van der Waals surface area contributed by atoms with Gasteiger partial charge < -0.3 is 10.1 Å². The Morgan fingerprint density at radius 1 is 1.33 bits per heavy atom. The zero-order chi connectivity index (χ0) is 11.3. The quantitative estimate of drug-likeness (QED) is 0.758. The predicted octanol–water partition coefficient (Wildman–Crippen LogP) is 2.83. The molecule has 1 unspecified atom stereocenters. The molecule has 0 bridgehead atoms. The van der Waals surface area contributed by atoms with E-state index < -0.39 is 0 Å². The monoisotopic (exact) mass is 213 g/mol. The molecule has 0 aliphatic heterocycles. The first-order valence-corrected chi connectivity index (χ1v) is 6.31. The zero-order valence-electron chi connectivity index (χ0n) is 10.8. The van der Waals surface area contributed by atoms with Gasteiger partial charge >= 0.3 is 0 Å². The Balaban J connectivity index is 2.41. The van der Waals surface area contributed by atoms with Crippen molar-refractivity contribution in [3.05, 3.63) is 0 Å². The highest BCUT2D eigenvalue weighted by Crippen LogP contribution is 2.39. The first-order valence-electron chi connectivity index (χ1n) is 6.31. The molecule has 1 rings (SSSR count). The van der Waals surface area contributed by atoms with Crippen LogP contribution in [0.5, 0.6) is 0 Å². The van der Waals surface area contributed by atoms with Crippen LogP contribution >= 0.6 is 0 Å². The molecule has 0 aromatic heterocycles. The van der Waals surface area contributed by atoms with Crippen LogP contribution in [-0.2, 0) is 4.74 Å². The van der Waals surface area contributed by atoms with Gasteiger partial charge in [0.1, 0.15) is 0 Å². The standard InChI is InChI=1S/C13H27NO/c1-5-14-12(10-15-4)11-6-8-13(2,3)9-7-11/h11-12,14H,5-10H2,1-4H3. The molecule has 0 aromatic carbocycles. The van der Waals surface area contributed by atoms with Crippen molar-refractivity contribution in [2.45, 2.75) is 52.5 Å². The van der Waals surface area contributed by atoms with E-state index in [1.807, 2.05) is 0 Å². The van der Waals surface area contributed by atoms with E-state index in [1.165, 1.54) is 25.7 Å². The lowest BCUT2D eigenvalue weighted by molar-refractivity contribution is 0.100. The molecular formula is C13H27NO. The van der Waals surface area contributed by atoms with Crippen molar-refractivity contribution in [3.8, 4) is 0 Å². The number of hydrogen-bond donors (Lipinski definition) is 1. The minimum Gasteiger partial charge on any atom is -0.383 e. The van der Waals surface area contributed by atoms with E-state index >= 15 is 0 Å². The molecule has 0 radical (unpaired) electrons. The lowest BCUT2D eigenvalue weighted by Gasteiger charge is -2.38. The van der Waals surface area contributed by atoms with E-state index in [2.05, 4.69) is 26.1 Å². The van der Waals surface area contributed by atoms with Gasteiger partial charge in [-0.25, -0.2) is 0 Å². The van der Waals surface area contributed by atoms with Crippen molar-refractivity contribution in [1.82, 2.24) is 5.32 Å². The number of methoxy groups -OCH3 is 1. The molecule has 0 saturated heterocycles. The lowest BCUT2D eigenvalue weighted by atomic mass is 9.71. The molecule has 0 spiro atoms. The molecule has 1 fully saturated rings. The molecular weight excluding hydrogens is 186 g/mol.